The molecule has 3 nitrogen and oxygen atoms in total. The molecule has 0 saturated carbocycles. The maximum Gasteiger partial charge on any atom is 0.222 e. The van der Waals surface area contributed by atoms with Crippen LogP contribution in [0.1, 0.15) is 25.0 Å². The molecule has 0 unspecified atom stereocenters. The molecular weight excluding hydrogens is 212 g/mol. The zero-order valence-corrected chi connectivity index (χ0v) is 10.9. The van der Waals surface area contributed by atoms with E-state index in [4.69, 9.17) is 0 Å². The van der Waals surface area contributed by atoms with Crippen molar-refractivity contribution in [2.45, 2.75) is 27.3 Å². The molecule has 0 aliphatic heterocycles. The number of carbonyl (C=O) groups is 1. The van der Waals surface area contributed by atoms with Gasteiger partial charge in [-0.25, -0.2) is 0 Å². The number of rotatable bonds is 6. The van der Waals surface area contributed by atoms with Crippen molar-refractivity contribution in [3.63, 3.8) is 0 Å². The fourth-order valence-electron chi connectivity index (χ4n) is 1.51. The minimum absolute atomic E-state index is 0.0615. The van der Waals surface area contributed by atoms with Gasteiger partial charge in [-0.2, -0.15) is 0 Å². The van der Waals surface area contributed by atoms with E-state index in [2.05, 4.69) is 29.7 Å². The molecule has 0 bridgehead atoms. The van der Waals surface area contributed by atoms with Gasteiger partial charge in [0.2, 0.25) is 5.91 Å². The Morgan fingerprint density at radius 3 is 2.59 bits per heavy atom. The lowest BCUT2D eigenvalue weighted by molar-refractivity contribution is -0.123. The quantitative estimate of drug-likeness (QED) is 0.738. The summed E-state index contributed by atoms with van der Waals surface area (Å²) in [6.45, 7) is 8.24. The number of aryl methyl sites for hydroxylation is 1. The molecule has 0 aromatic heterocycles. The third kappa shape index (κ3) is 5.00. The molecule has 0 aliphatic carbocycles. The molecule has 0 spiro atoms. The van der Waals surface area contributed by atoms with Crippen LogP contribution >= 0.6 is 0 Å². The van der Waals surface area contributed by atoms with E-state index in [-0.39, 0.29) is 11.8 Å². The van der Waals surface area contributed by atoms with Crippen LogP contribution in [0.25, 0.3) is 0 Å². The van der Waals surface area contributed by atoms with Gasteiger partial charge in [-0.15, -0.1) is 0 Å². The van der Waals surface area contributed by atoms with Crippen molar-refractivity contribution in [2.75, 3.05) is 13.1 Å². The Morgan fingerprint density at radius 2 is 1.94 bits per heavy atom. The van der Waals surface area contributed by atoms with Gasteiger partial charge in [-0.05, 0) is 18.1 Å². The molecule has 0 radical (unpaired) electrons. The summed E-state index contributed by atoms with van der Waals surface area (Å²) in [5.41, 5.74) is 2.61. The lowest BCUT2D eigenvalue weighted by Gasteiger charge is -2.09. The van der Waals surface area contributed by atoms with Crippen LogP contribution in [0, 0.1) is 12.8 Å². The van der Waals surface area contributed by atoms with Gasteiger partial charge in [0.25, 0.3) is 0 Å². The zero-order chi connectivity index (χ0) is 12.7. The van der Waals surface area contributed by atoms with Crippen molar-refractivity contribution in [1.29, 1.82) is 0 Å². The van der Waals surface area contributed by atoms with Crippen LogP contribution in [-0.4, -0.2) is 19.0 Å². The third-order valence-electron chi connectivity index (χ3n) is 2.70. The van der Waals surface area contributed by atoms with Crippen LogP contribution in [0.15, 0.2) is 24.3 Å². The predicted octanol–water partition coefficient (Wildman–Crippen LogP) is 1.86. The third-order valence-corrected chi connectivity index (χ3v) is 2.70. The fraction of sp³-hybridized carbons (Fsp3) is 0.500. The Morgan fingerprint density at radius 1 is 1.24 bits per heavy atom. The summed E-state index contributed by atoms with van der Waals surface area (Å²) in [7, 11) is 0. The summed E-state index contributed by atoms with van der Waals surface area (Å²) >= 11 is 0. The Balaban J connectivity index is 2.17. The van der Waals surface area contributed by atoms with Crippen LogP contribution in [-0.2, 0) is 11.3 Å². The Labute approximate surface area is 104 Å². The molecule has 0 aliphatic rings. The summed E-state index contributed by atoms with van der Waals surface area (Å²) in [6.07, 6.45) is 0. The molecule has 0 atom stereocenters. The fourth-order valence-corrected chi connectivity index (χ4v) is 1.51. The smallest absolute Gasteiger partial charge is 0.222 e. The van der Waals surface area contributed by atoms with E-state index < -0.39 is 0 Å². The Bertz CT molecular complexity index is 361. The van der Waals surface area contributed by atoms with Crippen molar-refractivity contribution in [3.8, 4) is 0 Å². The van der Waals surface area contributed by atoms with Crippen LogP contribution in [0.4, 0.5) is 0 Å². The van der Waals surface area contributed by atoms with E-state index in [1.807, 2.05) is 26.0 Å². The van der Waals surface area contributed by atoms with Crippen molar-refractivity contribution in [2.24, 2.45) is 5.92 Å². The van der Waals surface area contributed by atoms with Gasteiger partial charge < -0.3 is 10.6 Å². The van der Waals surface area contributed by atoms with E-state index in [0.717, 1.165) is 13.1 Å². The first-order chi connectivity index (χ1) is 8.11. The highest BCUT2D eigenvalue weighted by molar-refractivity contribution is 5.77. The second-order valence-electron chi connectivity index (χ2n) is 4.55. The Hall–Kier alpha value is -1.35. The van der Waals surface area contributed by atoms with Gasteiger partial charge in [0.1, 0.15) is 0 Å². The second kappa shape index (κ2) is 7.07. The summed E-state index contributed by atoms with van der Waals surface area (Å²) in [5, 5.41) is 6.20. The van der Waals surface area contributed by atoms with E-state index in [0.29, 0.717) is 6.54 Å². The van der Waals surface area contributed by atoms with Crippen LogP contribution in [0.2, 0.25) is 0 Å². The molecule has 17 heavy (non-hydrogen) atoms. The molecule has 1 aromatic carbocycles. The molecule has 94 valence electrons. The average Bonchev–Trinajstić information content (AvgIpc) is 2.30. The maximum atomic E-state index is 11.3. The number of hydrogen-bond donors (Lipinski definition) is 2. The first-order valence-electron chi connectivity index (χ1n) is 6.14. The second-order valence-corrected chi connectivity index (χ2v) is 4.55. The number of nitrogens with one attached hydrogen (secondary N) is 2. The number of amides is 1. The lowest BCUT2D eigenvalue weighted by atomic mass is 10.1. The van der Waals surface area contributed by atoms with Gasteiger partial charge in [-0.1, -0.05) is 38.1 Å². The summed E-state index contributed by atoms with van der Waals surface area (Å²) in [4.78, 5) is 11.3. The standard InChI is InChI=1S/C14H22N2O/c1-11(2)14(17)16-9-8-15-10-13-7-5-4-6-12(13)3/h4-7,11,15H,8-10H2,1-3H3,(H,16,17). The van der Waals surface area contributed by atoms with Gasteiger partial charge in [0.05, 0.1) is 0 Å². The van der Waals surface area contributed by atoms with Crippen LogP contribution < -0.4 is 10.6 Å². The van der Waals surface area contributed by atoms with Gasteiger partial charge in [-0.3, -0.25) is 4.79 Å². The predicted molar refractivity (Wildman–Crippen MR) is 70.7 cm³/mol. The van der Waals surface area contributed by atoms with Crippen molar-refractivity contribution >= 4 is 5.91 Å². The zero-order valence-electron chi connectivity index (χ0n) is 10.9. The number of carbonyl (C=O) groups excluding carboxylic acids is 1. The molecule has 1 rings (SSSR count). The lowest BCUT2D eigenvalue weighted by Crippen LogP contribution is -2.34. The number of benzene rings is 1. The van der Waals surface area contributed by atoms with Gasteiger partial charge >= 0.3 is 0 Å². The molecule has 0 saturated heterocycles. The van der Waals surface area contributed by atoms with Gasteiger partial charge in [0.15, 0.2) is 0 Å². The van der Waals surface area contributed by atoms with Crippen molar-refractivity contribution in [1.82, 2.24) is 10.6 Å². The van der Waals surface area contributed by atoms with Crippen LogP contribution in [0.5, 0.6) is 0 Å². The molecule has 0 fully saturated rings. The highest BCUT2D eigenvalue weighted by atomic mass is 16.1. The normalized spacial score (nSPS) is 10.6. The molecule has 0 heterocycles. The van der Waals surface area contributed by atoms with Crippen molar-refractivity contribution < 1.29 is 4.79 Å². The van der Waals surface area contributed by atoms with E-state index >= 15 is 0 Å². The minimum Gasteiger partial charge on any atom is -0.355 e. The monoisotopic (exact) mass is 234 g/mol. The Kier molecular flexibility index (Phi) is 5.70. The summed E-state index contributed by atoms with van der Waals surface area (Å²) < 4.78 is 0. The summed E-state index contributed by atoms with van der Waals surface area (Å²) in [5.74, 6) is 0.175. The first kappa shape index (κ1) is 13.7. The van der Waals surface area contributed by atoms with Crippen molar-refractivity contribution in [3.05, 3.63) is 35.4 Å². The SMILES string of the molecule is Cc1ccccc1CNCCNC(=O)C(C)C. The first-order valence-corrected chi connectivity index (χ1v) is 6.14. The van der Waals surface area contributed by atoms with Crippen LogP contribution in [0.3, 0.4) is 0 Å². The molecule has 2 N–H and O–H groups in total. The topological polar surface area (TPSA) is 41.1 Å². The van der Waals surface area contributed by atoms with E-state index in [9.17, 15) is 4.79 Å². The molecular formula is C14H22N2O. The summed E-state index contributed by atoms with van der Waals surface area (Å²) in [6, 6.07) is 8.32. The molecule has 3 heteroatoms. The van der Waals surface area contributed by atoms with Gasteiger partial charge in [0, 0.05) is 25.6 Å². The average molecular weight is 234 g/mol. The van der Waals surface area contributed by atoms with E-state index in [1.165, 1.54) is 11.1 Å². The van der Waals surface area contributed by atoms with E-state index in [1.54, 1.807) is 0 Å². The molecule has 1 aromatic rings. The minimum atomic E-state index is 0.0615. The largest absolute Gasteiger partial charge is 0.355 e. The molecule has 1 amide bonds. The number of hydrogen-bond acceptors (Lipinski definition) is 2. The highest BCUT2D eigenvalue weighted by Crippen LogP contribution is 2.05. The highest BCUT2D eigenvalue weighted by Gasteiger charge is 2.04. The maximum absolute atomic E-state index is 11.3.